The zero-order valence-electron chi connectivity index (χ0n) is 14.7. The van der Waals surface area contributed by atoms with E-state index in [1.54, 1.807) is 4.52 Å². The number of rotatable bonds is 6. The first-order valence-corrected chi connectivity index (χ1v) is 11.0. The number of carbonyl (C=O) groups excluding carboxylic acids is 1. The summed E-state index contributed by atoms with van der Waals surface area (Å²) in [6.45, 7) is 1.99. The van der Waals surface area contributed by atoms with E-state index in [0.717, 1.165) is 27.2 Å². The molecule has 0 fully saturated rings. The van der Waals surface area contributed by atoms with Gasteiger partial charge in [-0.15, -0.1) is 20.4 Å². The van der Waals surface area contributed by atoms with Crippen LogP contribution in [0.4, 0.5) is 5.13 Å². The fraction of sp³-hybridized carbons (Fsp3) is 0.176. The number of hydrogen-bond acceptors (Lipinski definition) is 8. The summed E-state index contributed by atoms with van der Waals surface area (Å²) in [6, 6.07) is 11.6. The summed E-state index contributed by atoms with van der Waals surface area (Å²) >= 11 is 6.07. The molecular weight excluding hydrogens is 462 g/mol. The average molecular weight is 476 g/mol. The fourth-order valence-electron chi connectivity index (χ4n) is 2.37. The van der Waals surface area contributed by atoms with E-state index in [9.17, 15) is 4.79 Å². The number of anilines is 1. The molecule has 0 aliphatic rings. The normalized spacial score (nSPS) is 11.1. The van der Waals surface area contributed by atoms with Crippen LogP contribution in [-0.2, 0) is 11.2 Å². The third-order valence-corrected chi connectivity index (χ3v) is 6.15. The van der Waals surface area contributed by atoms with E-state index >= 15 is 0 Å². The predicted molar refractivity (Wildman–Crippen MR) is 113 cm³/mol. The van der Waals surface area contributed by atoms with Crippen molar-refractivity contribution in [1.82, 2.24) is 30.0 Å². The molecule has 1 N–H and O–H groups in total. The molecule has 3 heterocycles. The minimum absolute atomic E-state index is 0.173. The first kappa shape index (κ1) is 19.0. The summed E-state index contributed by atoms with van der Waals surface area (Å²) < 4.78 is 2.65. The van der Waals surface area contributed by atoms with Gasteiger partial charge >= 0.3 is 0 Å². The van der Waals surface area contributed by atoms with Crippen LogP contribution in [0.2, 0.25) is 0 Å². The highest BCUT2D eigenvalue weighted by molar-refractivity contribution is 9.10. The number of thioether (sulfide) groups is 1. The van der Waals surface area contributed by atoms with Gasteiger partial charge < -0.3 is 0 Å². The summed E-state index contributed by atoms with van der Waals surface area (Å²) in [6.07, 6.45) is 0.792. The van der Waals surface area contributed by atoms with Gasteiger partial charge in [0.25, 0.3) is 0 Å². The van der Waals surface area contributed by atoms with Crippen LogP contribution in [0, 0.1) is 0 Å². The van der Waals surface area contributed by atoms with Crippen molar-refractivity contribution < 1.29 is 4.79 Å². The second-order valence-corrected chi connectivity index (χ2v) is 8.59. The number of benzene rings is 1. The van der Waals surface area contributed by atoms with Crippen molar-refractivity contribution in [3.8, 4) is 11.3 Å². The second kappa shape index (κ2) is 8.33. The molecule has 8 nitrogen and oxygen atoms in total. The van der Waals surface area contributed by atoms with Crippen molar-refractivity contribution in [2.45, 2.75) is 18.5 Å². The van der Waals surface area contributed by atoms with Crippen molar-refractivity contribution in [1.29, 1.82) is 0 Å². The molecule has 0 atom stereocenters. The Hall–Kier alpha value is -2.37. The average Bonchev–Trinajstić information content (AvgIpc) is 3.33. The summed E-state index contributed by atoms with van der Waals surface area (Å²) in [7, 11) is 0. The number of hydrogen-bond donors (Lipinski definition) is 1. The van der Waals surface area contributed by atoms with Gasteiger partial charge in [0.15, 0.2) is 5.65 Å². The zero-order valence-corrected chi connectivity index (χ0v) is 17.9. The van der Waals surface area contributed by atoms with Crippen molar-refractivity contribution >= 4 is 55.7 Å². The Kier molecular flexibility index (Phi) is 5.64. The Morgan fingerprint density at radius 1 is 1.14 bits per heavy atom. The molecule has 0 bridgehead atoms. The highest BCUT2D eigenvalue weighted by Gasteiger charge is 2.13. The van der Waals surface area contributed by atoms with E-state index in [1.165, 1.54) is 23.1 Å². The monoisotopic (exact) mass is 475 g/mol. The quantitative estimate of drug-likeness (QED) is 0.424. The summed E-state index contributed by atoms with van der Waals surface area (Å²) in [4.78, 5) is 12.2. The number of nitrogens with zero attached hydrogens (tertiary/aromatic N) is 6. The third kappa shape index (κ3) is 4.21. The van der Waals surface area contributed by atoms with Gasteiger partial charge in [0.1, 0.15) is 5.01 Å². The molecule has 3 aromatic heterocycles. The molecule has 0 saturated carbocycles. The Morgan fingerprint density at radius 2 is 1.96 bits per heavy atom. The Bertz CT molecular complexity index is 1130. The molecule has 4 rings (SSSR count). The van der Waals surface area contributed by atoms with Gasteiger partial charge in [0.2, 0.25) is 16.2 Å². The third-order valence-electron chi connectivity index (χ3n) is 3.72. The highest BCUT2D eigenvalue weighted by atomic mass is 79.9. The molecule has 0 unspecified atom stereocenters. The Balaban J connectivity index is 1.48. The number of halogens is 1. The summed E-state index contributed by atoms with van der Waals surface area (Å²) in [5.41, 5.74) is 2.41. The van der Waals surface area contributed by atoms with Gasteiger partial charge in [-0.2, -0.15) is 9.61 Å². The molecule has 28 heavy (non-hydrogen) atoms. The van der Waals surface area contributed by atoms with Crippen LogP contribution in [0.1, 0.15) is 11.9 Å². The van der Waals surface area contributed by atoms with Gasteiger partial charge in [-0.1, -0.05) is 58.1 Å². The van der Waals surface area contributed by atoms with Gasteiger partial charge in [-0.25, -0.2) is 0 Å². The lowest BCUT2D eigenvalue weighted by Gasteiger charge is -2.03. The van der Waals surface area contributed by atoms with E-state index in [0.29, 0.717) is 15.9 Å². The van der Waals surface area contributed by atoms with Crippen LogP contribution in [-0.4, -0.2) is 41.7 Å². The molecule has 1 aromatic carbocycles. The molecule has 0 aliphatic carbocycles. The number of aryl methyl sites for hydroxylation is 1. The van der Waals surface area contributed by atoms with Gasteiger partial charge in [0, 0.05) is 10.0 Å². The smallest absolute Gasteiger partial charge is 0.236 e. The number of carbonyl (C=O) groups is 1. The lowest BCUT2D eigenvalue weighted by atomic mass is 10.1. The number of fused-ring (bicyclic) bond motifs is 1. The number of nitrogens with one attached hydrogen (secondary N) is 1. The van der Waals surface area contributed by atoms with E-state index in [-0.39, 0.29) is 11.7 Å². The van der Waals surface area contributed by atoms with Crippen molar-refractivity contribution in [2.75, 3.05) is 11.1 Å². The van der Waals surface area contributed by atoms with Crippen LogP contribution >= 0.6 is 39.0 Å². The molecule has 0 aliphatic heterocycles. The number of amides is 1. The summed E-state index contributed by atoms with van der Waals surface area (Å²) in [5.74, 6) is -0.00364. The zero-order chi connectivity index (χ0) is 19.5. The fourth-order valence-corrected chi connectivity index (χ4v) is 4.01. The molecule has 11 heteroatoms. The first-order valence-electron chi connectivity index (χ1n) is 8.36. The Labute approximate surface area is 176 Å². The predicted octanol–water partition coefficient (Wildman–Crippen LogP) is 3.70. The maximum Gasteiger partial charge on any atom is 0.236 e. The minimum Gasteiger partial charge on any atom is -0.300 e. The minimum atomic E-state index is -0.176. The lowest BCUT2D eigenvalue weighted by Crippen LogP contribution is -2.14. The van der Waals surface area contributed by atoms with Crippen LogP contribution < -0.4 is 5.32 Å². The number of aromatic nitrogens is 6. The van der Waals surface area contributed by atoms with Crippen molar-refractivity contribution in [3.05, 3.63) is 45.9 Å². The van der Waals surface area contributed by atoms with E-state index < -0.39 is 0 Å². The van der Waals surface area contributed by atoms with E-state index in [1.807, 2.05) is 43.3 Å². The molecular formula is C17H14BrN7OS2. The van der Waals surface area contributed by atoms with Crippen LogP contribution in [0.15, 0.2) is 46.0 Å². The highest BCUT2D eigenvalue weighted by Crippen LogP contribution is 2.23. The maximum atomic E-state index is 12.2. The van der Waals surface area contributed by atoms with Crippen LogP contribution in [0.25, 0.3) is 16.9 Å². The molecule has 0 radical (unpaired) electrons. The van der Waals surface area contributed by atoms with E-state index in [4.69, 9.17) is 0 Å². The summed E-state index contributed by atoms with van der Waals surface area (Å²) in [5, 5.41) is 25.5. The SMILES string of the molecule is CCc1nnc(NC(=O)CSc2nnc3ccc(-c4ccc(Br)cc4)nn23)s1. The molecule has 0 saturated heterocycles. The second-order valence-electron chi connectivity index (χ2n) is 5.67. The van der Waals surface area contributed by atoms with Crippen LogP contribution in [0.3, 0.4) is 0 Å². The van der Waals surface area contributed by atoms with Crippen molar-refractivity contribution in [3.63, 3.8) is 0 Å². The first-order chi connectivity index (χ1) is 13.6. The van der Waals surface area contributed by atoms with Gasteiger partial charge in [-0.05, 0) is 30.7 Å². The van der Waals surface area contributed by atoms with E-state index in [2.05, 4.69) is 46.7 Å². The van der Waals surface area contributed by atoms with Gasteiger partial charge in [0.05, 0.1) is 11.4 Å². The topological polar surface area (TPSA) is 98.0 Å². The molecule has 4 aromatic rings. The molecule has 142 valence electrons. The standard InChI is InChI=1S/C17H14BrN7OS2/c1-2-15-21-22-16(28-15)19-14(26)9-27-17-23-20-13-8-7-12(24-25(13)17)10-3-5-11(18)6-4-10/h3-8H,2,9H2,1H3,(H,19,22,26). The van der Waals surface area contributed by atoms with Crippen molar-refractivity contribution in [2.24, 2.45) is 0 Å². The largest absolute Gasteiger partial charge is 0.300 e. The Morgan fingerprint density at radius 3 is 2.71 bits per heavy atom. The maximum absolute atomic E-state index is 12.2. The lowest BCUT2D eigenvalue weighted by molar-refractivity contribution is -0.113. The molecule has 0 spiro atoms. The van der Waals surface area contributed by atoms with Crippen LogP contribution in [0.5, 0.6) is 0 Å². The molecule has 1 amide bonds. The van der Waals surface area contributed by atoms with Gasteiger partial charge in [-0.3, -0.25) is 10.1 Å².